The second kappa shape index (κ2) is 8.66. The second-order valence-electron chi connectivity index (χ2n) is 7.76. The number of carbonyl (C=O) groups excluding carboxylic acids is 1. The predicted octanol–water partition coefficient (Wildman–Crippen LogP) is 5.13. The lowest BCUT2D eigenvalue weighted by atomic mass is 9.92. The smallest absolute Gasteiger partial charge is 0.302 e. The molecule has 1 saturated carbocycles. The third-order valence-electron chi connectivity index (χ3n) is 5.43. The molecule has 2 aliphatic rings. The quantitative estimate of drug-likeness (QED) is 0.567. The summed E-state index contributed by atoms with van der Waals surface area (Å²) in [6, 6.07) is 0. The summed E-state index contributed by atoms with van der Waals surface area (Å²) in [4.78, 5) is 10.7. The minimum absolute atomic E-state index is 0.210. The lowest BCUT2D eigenvalue weighted by molar-refractivity contribution is -0.140. The summed E-state index contributed by atoms with van der Waals surface area (Å²) in [6.45, 7) is 21.6. The highest BCUT2D eigenvalue weighted by Gasteiger charge is 2.37. The van der Waals surface area contributed by atoms with Gasteiger partial charge in [-0.2, -0.15) is 0 Å². The molecule has 0 bridgehead atoms. The van der Waals surface area contributed by atoms with Crippen molar-refractivity contribution in [1.82, 2.24) is 0 Å². The molecule has 2 aliphatic carbocycles. The fourth-order valence-electron chi connectivity index (χ4n) is 3.62. The topological polar surface area (TPSA) is 46.5 Å². The molecular formula is C22H34O3. The molecule has 3 atom stereocenters. The number of hydrogen-bond acceptors (Lipinski definition) is 3. The van der Waals surface area contributed by atoms with Gasteiger partial charge in [-0.15, -0.1) is 0 Å². The normalized spacial score (nSPS) is 28.5. The summed E-state index contributed by atoms with van der Waals surface area (Å²) < 4.78 is 5.04. The molecule has 1 fully saturated rings. The fourth-order valence-corrected chi connectivity index (χ4v) is 3.62. The molecule has 0 radical (unpaired) electrons. The van der Waals surface area contributed by atoms with Gasteiger partial charge in [0.1, 0.15) is 6.61 Å². The maximum absolute atomic E-state index is 10.7. The third kappa shape index (κ3) is 5.71. The second-order valence-corrected chi connectivity index (χ2v) is 7.76. The van der Waals surface area contributed by atoms with Crippen molar-refractivity contribution in [2.75, 3.05) is 6.61 Å². The van der Waals surface area contributed by atoms with E-state index in [2.05, 4.69) is 26.7 Å². The number of ether oxygens (including phenoxy) is 1. The van der Waals surface area contributed by atoms with Crippen molar-refractivity contribution < 1.29 is 14.6 Å². The predicted molar refractivity (Wildman–Crippen MR) is 104 cm³/mol. The minimum atomic E-state index is -0.649. The molecule has 2 rings (SSSR count). The van der Waals surface area contributed by atoms with E-state index in [1.165, 1.54) is 23.6 Å². The van der Waals surface area contributed by atoms with Gasteiger partial charge in [0.2, 0.25) is 0 Å². The molecule has 0 spiro atoms. The number of aliphatic hydroxyl groups is 1. The van der Waals surface area contributed by atoms with E-state index in [4.69, 9.17) is 4.74 Å². The van der Waals surface area contributed by atoms with Gasteiger partial charge >= 0.3 is 5.97 Å². The zero-order chi connectivity index (χ0) is 19.4. The molecule has 3 nitrogen and oxygen atoms in total. The molecule has 0 aromatic carbocycles. The average molecular weight is 347 g/mol. The number of carbonyl (C=O) groups is 1. The minimum Gasteiger partial charge on any atom is -0.461 e. The van der Waals surface area contributed by atoms with Gasteiger partial charge in [-0.3, -0.25) is 4.79 Å². The van der Waals surface area contributed by atoms with E-state index < -0.39 is 5.60 Å². The lowest BCUT2D eigenvalue weighted by Gasteiger charge is -2.20. The van der Waals surface area contributed by atoms with Gasteiger partial charge in [0.25, 0.3) is 0 Å². The molecule has 3 unspecified atom stereocenters. The fraction of sp³-hybridized carbons (Fsp3) is 0.591. The molecule has 0 heterocycles. The van der Waals surface area contributed by atoms with Crippen molar-refractivity contribution in [2.24, 2.45) is 11.8 Å². The zero-order valence-corrected chi connectivity index (χ0v) is 16.6. The van der Waals surface area contributed by atoms with E-state index >= 15 is 0 Å². The van der Waals surface area contributed by atoms with Crippen LogP contribution in [0.15, 0.2) is 47.6 Å². The number of allylic oxidation sites excluding steroid dienone is 3. The molecule has 3 heteroatoms. The Kier molecular flexibility index (Phi) is 7.43. The number of rotatable bonds is 4. The zero-order valence-electron chi connectivity index (χ0n) is 16.6. The molecule has 140 valence electrons. The Bertz CT molecular complexity index is 592. The van der Waals surface area contributed by atoms with Crippen LogP contribution in [0.5, 0.6) is 0 Å². The van der Waals surface area contributed by atoms with E-state index in [0.29, 0.717) is 18.4 Å². The van der Waals surface area contributed by atoms with Gasteiger partial charge in [0.05, 0.1) is 5.60 Å². The number of esters is 1. The van der Waals surface area contributed by atoms with Crippen LogP contribution in [0.25, 0.3) is 0 Å². The van der Waals surface area contributed by atoms with Gasteiger partial charge < -0.3 is 9.84 Å². The molecule has 0 amide bonds. The average Bonchev–Trinajstić information content (AvgIpc) is 2.98. The maximum Gasteiger partial charge on any atom is 0.302 e. The van der Waals surface area contributed by atoms with Crippen LogP contribution in [0.4, 0.5) is 0 Å². The van der Waals surface area contributed by atoms with E-state index in [1.807, 2.05) is 20.8 Å². The Hall–Kier alpha value is -1.61. The molecule has 25 heavy (non-hydrogen) atoms. The lowest BCUT2D eigenvalue weighted by Crippen LogP contribution is -2.22. The van der Waals surface area contributed by atoms with E-state index in [-0.39, 0.29) is 5.97 Å². The van der Waals surface area contributed by atoms with Gasteiger partial charge in [0, 0.05) is 18.8 Å². The van der Waals surface area contributed by atoms with Crippen molar-refractivity contribution in [3.63, 3.8) is 0 Å². The Balaban J connectivity index is 0.000000257. The first-order chi connectivity index (χ1) is 11.5. The van der Waals surface area contributed by atoms with Crippen molar-refractivity contribution >= 4 is 5.97 Å². The van der Waals surface area contributed by atoms with Crippen LogP contribution in [0.3, 0.4) is 0 Å². The van der Waals surface area contributed by atoms with Crippen LogP contribution in [0, 0.1) is 11.8 Å². The first-order valence-corrected chi connectivity index (χ1v) is 9.01. The summed E-state index contributed by atoms with van der Waals surface area (Å²) in [6.07, 6.45) is 4.05. The van der Waals surface area contributed by atoms with E-state index in [1.54, 1.807) is 0 Å². The summed E-state index contributed by atoms with van der Waals surface area (Å²) >= 11 is 0. The van der Waals surface area contributed by atoms with Crippen LogP contribution in [0.1, 0.15) is 60.3 Å². The summed E-state index contributed by atoms with van der Waals surface area (Å²) in [5.74, 6) is 0.553. The number of hydrogen-bond donors (Lipinski definition) is 1. The Morgan fingerprint density at radius 2 is 1.76 bits per heavy atom. The van der Waals surface area contributed by atoms with Crippen molar-refractivity contribution in [2.45, 2.75) is 65.9 Å². The maximum atomic E-state index is 10.7. The van der Waals surface area contributed by atoms with Gasteiger partial charge in [-0.25, -0.2) is 0 Å². The SMILES string of the molecule is C=C(C)C1CCC(C)(O)C1=C.C=C(C)C1CCC(C)=C1COC(C)=O. The Morgan fingerprint density at radius 1 is 1.20 bits per heavy atom. The van der Waals surface area contributed by atoms with Crippen LogP contribution >= 0.6 is 0 Å². The molecule has 1 N–H and O–H groups in total. The van der Waals surface area contributed by atoms with Crippen LogP contribution < -0.4 is 0 Å². The van der Waals surface area contributed by atoms with Crippen LogP contribution in [-0.4, -0.2) is 23.3 Å². The first kappa shape index (κ1) is 21.4. The Labute approximate surface area is 153 Å². The van der Waals surface area contributed by atoms with Crippen molar-refractivity contribution in [3.05, 3.63) is 47.6 Å². The van der Waals surface area contributed by atoms with Crippen molar-refractivity contribution in [1.29, 1.82) is 0 Å². The van der Waals surface area contributed by atoms with E-state index in [0.717, 1.165) is 36.8 Å². The largest absolute Gasteiger partial charge is 0.461 e. The highest BCUT2D eigenvalue weighted by molar-refractivity contribution is 5.66. The van der Waals surface area contributed by atoms with E-state index in [9.17, 15) is 9.90 Å². The monoisotopic (exact) mass is 346 g/mol. The summed E-state index contributed by atoms with van der Waals surface area (Å²) in [5, 5.41) is 9.74. The van der Waals surface area contributed by atoms with Gasteiger partial charge in [-0.1, -0.05) is 36.5 Å². The molecule has 0 aromatic heterocycles. The standard InChI is InChI=1S/C12H18O2.C10H16O/c1-8(2)11-6-5-9(3)12(11)7-14-10(4)13;1-7(2)9-5-6-10(4,11)8(9)3/h11H,1,5-7H2,2-4H3;9,11H,1,3,5-6H2,2,4H3. The first-order valence-electron chi connectivity index (χ1n) is 9.01. The van der Waals surface area contributed by atoms with Gasteiger partial charge in [-0.05, 0) is 64.5 Å². The Morgan fingerprint density at radius 3 is 2.12 bits per heavy atom. The highest BCUT2D eigenvalue weighted by Crippen LogP contribution is 2.41. The summed E-state index contributed by atoms with van der Waals surface area (Å²) in [7, 11) is 0. The summed E-state index contributed by atoms with van der Waals surface area (Å²) in [5.41, 5.74) is 5.19. The van der Waals surface area contributed by atoms with Crippen molar-refractivity contribution in [3.8, 4) is 0 Å². The van der Waals surface area contributed by atoms with Crippen LogP contribution in [-0.2, 0) is 9.53 Å². The molecular weight excluding hydrogens is 312 g/mol. The van der Waals surface area contributed by atoms with Gasteiger partial charge in [0.15, 0.2) is 0 Å². The molecule has 0 aromatic rings. The highest BCUT2D eigenvalue weighted by atomic mass is 16.5. The molecule has 0 aliphatic heterocycles. The third-order valence-corrected chi connectivity index (χ3v) is 5.43. The van der Waals surface area contributed by atoms with Crippen LogP contribution in [0.2, 0.25) is 0 Å². The molecule has 0 saturated heterocycles.